The molecule has 0 spiro atoms. The van der Waals surface area contributed by atoms with E-state index in [4.69, 9.17) is 35.7 Å². The van der Waals surface area contributed by atoms with Crippen LogP contribution in [-0.2, 0) is 49.7 Å². The average molecular weight is 793 g/mol. The first kappa shape index (κ1) is 44.2. The number of Topliss-reactive ketones (excluding diaryl/α,β-unsaturated/α-hetero) is 1. The minimum Gasteiger partial charge on any atom is -0.475 e. The molecule has 1 aliphatic rings. The van der Waals surface area contributed by atoms with E-state index >= 15 is 0 Å². The normalized spacial score (nSPS) is 14.0. The number of fused-ring (bicyclic) bond motifs is 1. The lowest BCUT2D eigenvalue weighted by Crippen LogP contribution is -2.52. The molecule has 3 aromatic rings. The van der Waals surface area contributed by atoms with Crippen LogP contribution in [0.4, 0.5) is 32.0 Å². The van der Waals surface area contributed by atoms with E-state index in [1.165, 1.54) is 35.6 Å². The number of non-ortho nitro benzene ring substituents is 1. The van der Waals surface area contributed by atoms with Gasteiger partial charge in [0.15, 0.2) is 5.78 Å². The number of hydrogen-bond acceptors (Lipinski definition) is 12. The van der Waals surface area contributed by atoms with E-state index in [2.05, 4.69) is 15.6 Å². The maximum Gasteiger partial charge on any atom is 0.490 e. The van der Waals surface area contributed by atoms with Crippen molar-refractivity contribution in [3.05, 3.63) is 90.9 Å². The molecular formula is C31H30F6N6O10S. The predicted octanol–water partition coefficient (Wildman–Crippen LogP) is 3.33. The number of ether oxygens (including phenoxy) is 1. The molecule has 0 aliphatic carbocycles. The highest BCUT2D eigenvalue weighted by molar-refractivity contribution is 7.11. The van der Waals surface area contributed by atoms with Crippen molar-refractivity contribution in [1.82, 2.24) is 15.6 Å². The number of carboxylic acid groups (broad SMARTS) is 2. The first-order valence-corrected chi connectivity index (χ1v) is 15.8. The highest BCUT2D eigenvalue weighted by Gasteiger charge is 2.39. The topological polar surface area (TPSA) is 265 Å². The summed E-state index contributed by atoms with van der Waals surface area (Å²) in [5, 5.41) is 39.5. The number of aliphatic carboxylic acids is 2. The maximum absolute atomic E-state index is 13.7. The SMILES string of the molecule is CCOC(=O)Cc1nc2c(s1)CNC(C(=O)[C@H](Cc1ccc([N+](=O)[O-])cc1)NC(=O)c1ccc(C(=N)N)cc1)C2.O=C(O)C(F)(F)F.O=C(O)C(F)(F)F. The van der Waals surface area contributed by atoms with Crippen LogP contribution in [-0.4, -0.2) is 86.6 Å². The van der Waals surface area contributed by atoms with Crippen LogP contribution in [0.15, 0.2) is 48.5 Å². The minimum atomic E-state index is -5.08. The van der Waals surface area contributed by atoms with Crippen molar-refractivity contribution < 1.29 is 70.2 Å². The monoisotopic (exact) mass is 792 g/mol. The van der Waals surface area contributed by atoms with E-state index in [0.717, 1.165) is 10.6 Å². The first-order valence-electron chi connectivity index (χ1n) is 15.0. The lowest BCUT2D eigenvalue weighted by Gasteiger charge is -2.27. The van der Waals surface area contributed by atoms with E-state index in [1.54, 1.807) is 31.2 Å². The molecule has 2 atom stereocenters. The van der Waals surface area contributed by atoms with Crippen molar-refractivity contribution in [3.63, 3.8) is 0 Å². The molecule has 2 heterocycles. The predicted molar refractivity (Wildman–Crippen MR) is 175 cm³/mol. The van der Waals surface area contributed by atoms with Crippen LogP contribution in [0.25, 0.3) is 0 Å². The fourth-order valence-electron chi connectivity index (χ4n) is 4.33. The van der Waals surface area contributed by atoms with E-state index in [1.807, 2.05) is 0 Å². The second-order valence-corrected chi connectivity index (χ2v) is 11.9. The second-order valence-electron chi connectivity index (χ2n) is 10.7. The second kappa shape index (κ2) is 19.2. The number of carbonyl (C=O) groups excluding carboxylic acids is 3. The van der Waals surface area contributed by atoms with Crippen LogP contribution in [0.1, 0.15) is 44.0 Å². The van der Waals surface area contributed by atoms with Crippen LogP contribution in [0.3, 0.4) is 0 Å². The lowest BCUT2D eigenvalue weighted by molar-refractivity contribution is -0.384. The smallest absolute Gasteiger partial charge is 0.475 e. The number of alkyl halides is 6. The van der Waals surface area contributed by atoms with Crippen molar-refractivity contribution in [1.29, 1.82) is 5.41 Å². The summed E-state index contributed by atoms with van der Waals surface area (Å²) in [6, 6.07) is 10.4. The number of hydrogen-bond donors (Lipinski definition) is 6. The molecule has 292 valence electrons. The highest BCUT2D eigenvalue weighted by atomic mass is 32.1. The van der Waals surface area contributed by atoms with Gasteiger partial charge in [-0.25, -0.2) is 14.6 Å². The van der Waals surface area contributed by atoms with Crippen molar-refractivity contribution >= 4 is 52.5 Å². The zero-order valence-corrected chi connectivity index (χ0v) is 28.4. The van der Waals surface area contributed by atoms with Crippen LogP contribution in [0.2, 0.25) is 0 Å². The molecule has 0 saturated carbocycles. The number of aromatic nitrogens is 1. The molecular weight excluding hydrogens is 762 g/mol. The Bertz CT molecular complexity index is 1830. The number of benzene rings is 2. The molecule has 4 rings (SSSR count). The number of nitrogen functional groups attached to an aromatic ring is 1. The molecule has 7 N–H and O–H groups in total. The van der Waals surface area contributed by atoms with Crippen LogP contribution in [0.5, 0.6) is 0 Å². The zero-order valence-electron chi connectivity index (χ0n) is 27.6. The van der Waals surface area contributed by atoms with Crippen LogP contribution >= 0.6 is 11.3 Å². The number of thiazole rings is 1. The third-order valence-electron chi connectivity index (χ3n) is 6.85. The summed E-state index contributed by atoms with van der Waals surface area (Å²) in [5.74, 6) is -6.76. The van der Waals surface area contributed by atoms with Gasteiger partial charge in [-0.1, -0.05) is 24.3 Å². The van der Waals surface area contributed by atoms with Crippen LogP contribution in [0, 0.1) is 15.5 Å². The number of rotatable bonds is 11. The van der Waals surface area contributed by atoms with Crippen molar-refractivity contribution in [2.45, 2.75) is 57.2 Å². The number of carboxylic acids is 2. The molecule has 0 bridgehead atoms. The van der Waals surface area contributed by atoms with E-state index in [9.17, 15) is 50.8 Å². The summed E-state index contributed by atoms with van der Waals surface area (Å²) < 4.78 is 68.5. The fourth-order valence-corrected chi connectivity index (χ4v) is 5.36. The number of esters is 1. The number of nitrogens with two attached hydrogens (primary N) is 1. The number of halogens is 6. The van der Waals surface area contributed by atoms with Gasteiger partial charge in [-0.05, 0) is 31.0 Å². The summed E-state index contributed by atoms with van der Waals surface area (Å²) in [6.07, 6.45) is -9.71. The first-order chi connectivity index (χ1) is 25.0. The third kappa shape index (κ3) is 13.9. The fraction of sp³-hybridized carbons (Fsp3) is 0.323. The number of amides is 1. The van der Waals surface area contributed by atoms with Crippen LogP contribution < -0.4 is 16.4 Å². The zero-order chi connectivity index (χ0) is 41.0. The van der Waals surface area contributed by atoms with E-state index in [0.29, 0.717) is 22.7 Å². The van der Waals surface area contributed by atoms with Gasteiger partial charge in [0.1, 0.15) is 10.8 Å². The Morgan fingerprint density at radius 1 is 1.02 bits per heavy atom. The van der Waals surface area contributed by atoms with Crippen molar-refractivity contribution in [3.8, 4) is 0 Å². The molecule has 0 radical (unpaired) electrons. The van der Waals surface area contributed by atoms with Gasteiger partial charge in [-0.2, -0.15) is 26.3 Å². The molecule has 1 aliphatic heterocycles. The summed E-state index contributed by atoms with van der Waals surface area (Å²) in [5.41, 5.74) is 7.52. The Balaban J connectivity index is 0.000000610. The molecule has 54 heavy (non-hydrogen) atoms. The quantitative estimate of drug-likeness (QED) is 0.0407. The summed E-state index contributed by atoms with van der Waals surface area (Å²) >= 11 is 1.39. The molecule has 0 saturated heterocycles. The average Bonchev–Trinajstić information content (AvgIpc) is 3.49. The van der Waals surface area contributed by atoms with Gasteiger partial charge in [0, 0.05) is 41.1 Å². The van der Waals surface area contributed by atoms with Gasteiger partial charge in [-0.15, -0.1) is 11.3 Å². The molecule has 2 aromatic carbocycles. The Kier molecular flexibility index (Phi) is 15.7. The van der Waals surface area contributed by atoms with Gasteiger partial charge < -0.3 is 31.3 Å². The van der Waals surface area contributed by atoms with Gasteiger partial charge in [0.25, 0.3) is 11.6 Å². The number of amidine groups is 1. The number of nitrogens with one attached hydrogen (secondary N) is 3. The standard InChI is InChI=1S/C27H28N6O6S.2C2HF3O2/c1-2-39-24(34)13-23-31-19-12-20(30-14-22(19)40-23)25(35)21(11-15-3-9-18(10-4-15)33(37)38)32-27(36)17-7-5-16(6-8-17)26(28)29;2*3-2(4,5)1(6)7/h3-10,20-21,30H,2,11-14H2,1H3,(H3,28,29)(H,32,36);2*(H,6,7)/t20?,21-;;/m0../s1. The van der Waals surface area contributed by atoms with Crippen molar-refractivity contribution in [2.75, 3.05) is 6.61 Å². The minimum absolute atomic E-state index is 0.0609. The molecule has 1 aromatic heterocycles. The van der Waals surface area contributed by atoms with Gasteiger partial charge in [0.2, 0.25) is 0 Å². The van der Waals surface area contributed by atoms with Gasteiger partial charge >= 0.3 is 30.3 Å². The van der Waals surface area contributed by atoms with Gasteiger partial charge in [-0.3, -0.25) is 29.9 Å². The Hall–Kier alpha value is -5.97. The largest absolute Gasteiger partial charge is 0.490 e. The molecule has 1 amide bonds. The number of nitrogens with zero attached hydrogens (tertiary/aromatic N) is 2. The number of carbonyl (C=O) groups is 5. The molecule has 16 nitrogen and oxygen atoms in total. The third-order valence-corrected chi connectivity index (χ3v) is 7.95. The highest BCUT2D eigenvalue weighted by Crippen LogP contribution is 2.25. The Morgan fingerprint density at radius 2 is 1.54 bits per heavy atom. The Labute approximate surface area is 304 Å². The summed E-state index contributed by atoms with van der Waals surface area (Å²) in [6.45, 7) is 2.40. The van der Waals surface area contributed by atoms with Crippen molar-refractivity contribution in [2.24, 2.45) is 5.73 Å². The molecule has 0 fully saturated rings. The number of ketones is 1. The molecule has 1 unspecified atom stereocenters. The van der Waals surface area contributed by atoms with Gasteiger partial charge in [0.05, 0.1) is 35.7 Å². The maximum atomic E-state index is 13.7. The number of nitro benzene ring substituents is 1. The Morgan fingerprint density at radius 3 is 2.00 bits per heavy atom. The van der Waals surface area contributed by atoms with E-state index in [-0.39, 0.29) is 54.7 Å². The summed E-state index contributed by atoms with van der Waals surface area (Å²) in [4.78, 5) is 72.5. The van der Waals surface area contributed by atoms with E-state index < -0.39 is 47.2 Å². The summed E-state index contributed by atoms with van der Waals surface area (Å²) in [7, 11) is 0. The number of nitro groups is 1. The molecule has 23 heteroatoms. The lowest BCUT2D eigenvalue weighted by atomic mass is 9.93.